The summed E-state index contributed by atoms with van der Waals surface area (Å²) in [4.78, 5) is 12.3. The third-order valence-corrected chi connectivity index (χ3v) is 6.25. The number of rotatable bonds is 3. The topological polar surface area (TPSA) is 29.1 Å². The van der Waals surface area contributed by atoms with Gasteiger partial charge >= 0.3 is 0 Å². The van der Waals surface area contributed by atoms with Gasteiger partial charge in [-0.2, -0.15) is 0 Å². The maximum Gasteiger partial charge on any atom is 0.223 e. The Morgan fingerprint density at radius 1 is 1.05 bits per heavy atom. The van der Waals surface area contributed by atoms with Crippen molar-refractivity contribution in [3.05, 3.63) is 0 Å². The summed E-state index contributed by atoms with van der Waals surface area (Å²) in [5.74, 6) is 1.76. The fourth-order valence-electron chi connectivity index (χ4n) is 3.99. The largest absolute Gasteiger partial charge is 0.356 e. The predicted octanol–water partition coefficient (Wildman–Crippen LogP) is 4.75. The molecule has 0 aromatic heterocycles. The van der Waals surface area contributed by atoms with Gasteiger partial charge in [-0.05, 0) is 55.8 Å². The second kappa shape index (κ2) is 7.35. The van der Waals surface area contributed by atoms with Crippen molar-refractivity contribution in [1.82, 2.24) is 5.32 Å². The molecule has 3 heteroatoms. The smallest absolute Gasteiger partial charge is 0.223 e. The van der Waals surface area contributed by atoms with Gasteiger partial charge in [0, 0.05) is 17.8 Å². The van der Waals surface area contributed by atoms with Crippen LogP contribution in [0.1, 0.15) is 72.1 Å². The molecule has 2 aliphatic carbocycles. The molecule has 0 heterocycles. The summed E-state index contributed by atoms with van der Waals surface area (Å²) in [5.41, 5.74) is 0.384. The average molecular weight is 314 g/mol. The Balaban J connectivity index is 1.72. The molecule has 2 unspecified atom stereocenters. The molecule has 2 fully saturated rings. The van der Waals surface area contributed by atoms with E-state index in [1.807, 2.05) is 0 Å². The van der Waals surface area contributed by atoms with Crippen molar-refractivity contribution < 1.29 is 4.79 Å². The molecule has 2 rings (SSSR count). The predicted molar refractivity (Wildman–Crippen MR) is 89.5 cm³/mol. The first-order chi connectivity index (χ1) is 9.88. The Morgan fingerprint density at radius 2 is 1.67 bits per heavy atom. The first kappa shape index (κ1) is 17.1. The van der Waals surface area contributed by atoms with Crippen LogP contribution in [0.25, 0.3) is 0 Å². The normalized spacial score (nSPS) is 34.5. The molecule has 0 aliphatic heterocycles. The molecule has 0 bridgehead atoms. The molecular weight excluding hydrogens is 282 g/mol. The zero-order chi connectivity index (χ0) is 15.5. The number of hydrogen-bond donors (Lipinski definition) is 1. The van der Waals surface area contributed by atoms with E-state index in [9.17, 15) is 4.79 Å². The second-order valence-electron chi connectivity index (χ2n) is 8.22. The third-order valence-electron chi connectivity index (χ3n) is 5.68. The standard InChI is InChI=1S/C18H32ClNO/c1-18(2,3)15-10-8-13(9-11-15)17(21)20-12-14-6-4-5-7-16(14)19/h13-16H,4-12H2,1-3H3,(H,20,21). The molecule has 0 radical (unpaired) electrons. The van der Waals surface area contributed by atoms with E-state index in [-0.39, 0.29) is 17.2 Å². The van der Waals surface area contributed by atoms with Crippen molar-refractivity contribution in [2.24, 2.45) is 23.2 Å². The van der Waals surface area contributed by atoms with Crippen LogP contribution in [0.2, 0.25) is 0 Å². The minimum atomic E-state index is 0.237. The molecule has 1 N–H and O–H groups in total. The summed E-state index contributed by atoms with van der Waals surface area (Å²) < 4.78 is 0. The molecule has 21 heavy (non-hydrogen) atoms. The van der Waals surface area contributed by atoms with Crippen LogP contribution in [-0.4, -0.2) is 17.8 Å². The molecule has 0 aromatic rings. The molecule has 0 saturated heterocycles. The molecule has 2 aliphatic rings. The summed E-state index contributed by atoms with van der Waals surface area (Å²) in [6.45, 7) is 7.75. The van der Waals surface area contributed by atoms with Gasteiger partial charge in [0.05, 0.1) is 0 Å². The molecule has 1 amide bonds. The van der Waals surface area contributed by atoms with Gasteiger partial charge in [-0.1, -0.05) is 33.6 Å². The van der Waals surface area contributed by atoms with Gasteiger partial charge in [0.1, 0.15) is 0 Å². The zero-order valence-corrected chi connectivity index (χ0v) is 14.7. The monoisotopic (exact) mass is 313 g/mol. The van der Waals surface area contributed by atoms with Crippen LogP contribution in [0.4, 0.5) is 0 Å². The van der Waals surface area contributed by atoms with Crippen LogP contribution in [0.3, 0.4) is 0 Å². The molecule has 2 saturated carbocycles. The second-order valence-corrected chi connectivity index (χ2v) is 8.78. The molecule has 0 spiro atoms. The lowest BCUT2D eigenvalue weighted by Crippen LogP contribution is -2.39. The first-order valence-corrected chi connectivity index (χ1v) is 9.23. The highest BCUT2D eigenvalue weighted by molar-refractivity contribution is 6.20. The Hall–Kier alpha value is -0.240. The van der Waals surface area contributed by atoms with Gasteiger partial charge in [-0.25, -0.2) is 0 Å². The zero-order valence-electron chi connectivity index (χ0n) is 14.0. The van der Waals surface area contributed by atoms with E-state index in [0.29, 0.717) is 11.3 Å². The van der Waals surface area contributed by atoms with Crippen molar-refractivity contribution in [2.45, 2.75) is 77.5 Å². The van der Waals surface area contributed by atoms with Crippen molar-refractivity contribution in [3.63, 3.8) is 0 Å². The number of halogens is 1. The van der Waals surface area contributed by atoms with Crippen molar-refractivity contribution >= 4 is 17.5 Å². The lowest BCUT2D eigenvalue weighted by Gasteiger charge is -2.36. The summed E-state index contributed by atoms with van der Waals surface area (Å²) >= 11 is 6.37. The lowest BCUT2D eigenvalue weighted by molar-refractivity contribution is -0.126. The van der Waals surface area contributed by atoms with Gasteiger partial charge in [-0.3, -0.25) is 4.79 Å². The molecule has 2 nitrogen and oxygen atoms in total. The van der Waals surface area contributed by atoms with Crippen LogP contribution >= 0.6 is 11.6 Å². The fourth-order valence-corrected chi connectivity index (χ4v) is 4.36. The van der Waals surface area contributed by atoms with E-state index in [2.05, 4.69) is 26.1 Å². The van der Waals surface area contributed by atoms with Gasteiger partial charge in [0.25, 0.3) is 0 Å². The molecular formula is C18H32ClNO. The first-order valence-electron chi connectivity index (χ1n) is 8.79. The van der Waals surface area contributed by atoms with Gasteiger partial charge < -0.3 is 5.32 Å². The van der Waals surface area contributed by atoms with Crippen LogP contribution in [-0.2, 0) is 4.79 Å². The maximum absolute atomic E-state index is 12.3. The molecule has 122 valence electrons. The van der Waals surface area contributed by atoms with Gasteiger partial charge in [-0.15, -0.1) is 11.6 Å². The Labute approximate surface area is 135 Å². The maximum atomic E-state index is 12.3. The van der Waals surface area contributed by atoms with Crippen LogP contribution < -0.4 is 5.32 Å². The van der Waals surface area contributed by atoms with E-state index in [1.165, 1.54) is 32.1 Å². The van der Waals surface area contributed by atoms with E-state index >= 15 is 0 Å². The Morgan fingerprint density at radius 3 is 2.24 bits per heavy atom. The quantitative estimate of drug-likeness (QED) is 0.748. The van der Waals surface area contributed by atoms with Crippen molar-refractivity contribution in [2.75, 3.05) is 6.54 Å². The lowest BCUT2D eigenvalue weighted by atomic mass is 9.69. The van der Waals surface area contributed by atoms with Crippen LogP contribution in [0, 0.1) is 23.2 Å². The number of amides is 1. The van der Waals surface area contributed by atoms with E-state index in [4.69, 9.17) is 11.6 Å². The SMILES string of the molecule is CC(C)(C)C1CCC(C(=O)NCC2CCCCC2Cl)CC1. The summed E-state index contributed by atoms with van der Waals surface area (Å²) in [6.07, 6.45) is 9.30. The van der Waals surface area contributed by atoms with Gasteiger partial charge in [0.15, 0.2) is 0 Å². The van der Waals surface area contributed by atoms with Crippen molar-refractivity contribution in [3.8, 4) is 0 Å². The van der Waals surface area contributed by atoms with E-state index in [1.54, 1.807) is 0 Å². The van der Waals surface area contributed by atoms with Crippen LogP contribution in [0.15, 0.2) is 0 Å². The Kier molecular flexibility index (Phi) is 5.99. The number of carbonyl (C=O) groups excluding carboxylic acids is 1. The molecule has 0 aromatic carbocycles. The summed E-state index contributed by atoms with van der Waals surface area (Å²) in [5, 5.41) is 3.44. The minimum Gasteiger partial charge on any atom is -0.356 e. The van der Waals surface area contributed by atoms with Crippen LogP contribution in [0.5, 0.6) is 0 Å². The number of hydrogen-bond acceptors (Lipinski definition) is 1. The average Bonchev–Trinajstić information content (AvgIpc) is 2.45. The highest BCUT2D eigenvalue weighted by Gasteiger charge is 2.32. The fraction of sp³-hybridized carbons (Fsp3) is 0.944. The van der Waals surface area contributed by atoms with E-state index < -0.39 is 0 Å². The number of nitrogens with one attached hydrogen (secondary N) is 1. The highest BCUT2D eigenvalue weighted by Crippen LogP contribution is 2.39. The molecule has 2 atom stereocenters. The third kappa shape index (κ3) is 4.87. The summed E-state index contributed by atoms with van der Waals surface area (Å²) in [6, 6.07) is 0. The number of alkyl halides is 1. The number of carbonyl (C=O) groups is 1. The van der Waals surface area contributed by atoms with Gasteiger partial charge in [0.2, 0.25) is 5.91 Å². The highest BCUT2D eigenvalue weighted by atomic mass is 35.5. The van der Waals surface area contributed by atoms with E-state index in [0.717, 1.165) is 31.7 Å². The minimum absolute atomic E-state index is 0.237. The van der Waals surface area contributed by atoms with Crippen molar-refractivity contribution in [1.29, 1.82) is 0 Å². The summed E-state index contributed by atoms with van der Waals surface area (Å²) in [7, 11) is 0. The Bertz CT molecular complexity index is 342.